The molecule has 0 spiro atoms. The molecule has 0 atom stereocenters. The third-order valence-corrected chi connectivity index (χ3v) is 4.31. The predicted octanol–water partition coefficient (Wildman–Crippen LogP) is 3.54. The lowest BCUT2D eigenvalue weighted by atomic mass is 10.1. The number of hydrogen-bond donors (Lipinski definition) is 1. The van der Waals surface area contributed by atoms with Crippen LogP contribution in [-0.2, 0) is 4.74 Å². The van der Waals surface area contributed by atoms with Gasteiger partial charge in [0, 0.05) is 53.2 Å². The number of likely N-dealkylation sites (tertiary alicyclic amines) is 1. The van der Waals surface area contributed by atoms with E-state index in [1.54, 1.807) is 7.11 Å². The number of para-hydroxylation sites is 1. The average molecular weight is 461 g/mol. The van der Waals surface area contributed by atoms with Crippen LogP contribution in [0.1, 0.15) is 32.1 Å². The Morgan fingerprint density at radius 2 is 1.88 bits per heavy atom. The third kappa shape index (κ3) is 8.27. The van der Waals surface area contributed by atoms with E-state index in [2.05, 4.69) is 15.2 Å². The molecule has 1 aromatic rings. The number of halogens is 1. The van der Waals surface area contributed by atoms with Crippen LogP contribution in [0.5, 0.6) is 5.75 Å². The summed E-state index contributed by atoms with van der Waals surface area (Å²) >= 11 is 0. The van der Waals surface area contributed by atoms with Gasteiger partial charge in [-0.15, -0.1) is 24.0 Å². The number of rotatable bonds is 8. The third-order valence-electron chi connectivity index (χ3n) is 4.31. The number of methoxy groups -OCH3 is 1. The number of unbranched alkanes of at least 4 members (excludes halogenated alkanes) is 2. The Hall–Kier alpha value is -1.02. The molecule has 0 aliphatic carbocycles. The van der Waals surface area contributed by atoms with Crippen LogP contribution in [0.3, 0.4) is 0 Å². The molecule has 0 unspecified atom stereocenters. The van der Waals surface area contributed by atoms with Gasteiger partial charge in [-0.25, -0.2) is 0 Å². The van der Waals surface area contributed by atoms with Crippen molar-refractivity contribution in [3.8, 4) is 5.75 Å². The van der Waals surface area contributed by atoms with Crippen molar-refractivity contribution >= 4 is 29.9 Å². The molecule has 1 saturated heterocycles. The van der Waals surface area contributed by atoms with E-state index >= 15 is 0 Å². The minimum absolute atomic E-state index is 0. The van der Waals surface area contributed by atoms with Gasteiger partial charge in [0.1, 0.15) is 11.9 Å². The smallest absolute Gasteiger partial charge is 0.193 e. The average Bonchev–Trinajstić information content (AvgIpc) is 2.63. The summed E-state index contributed by atoms with van der Waals surface area (Å²) in [6, 6.07) is 10.1. The monoisotopic (exact) mass is 461 g/mol. The van der Waals surface area contributed by atoms with Crippen molar-refractivity contribution in [1.82, 2.24) is 10.2 Å². The van der Waals surface area contributed by atoms with Crippen LogP contribution in [0.4, 0.5) is 0 Å². The summed E-state index contributed by atoms with van der Waals surface area (Å²) in [6.07, 6.45) is 5.82. The van der Waals surface area contributed by atoms with Crippen molar-refractivity contribution in [3.05, 3.63) is 30.3 Å². The van der Waals surface area contributed by atoms with Gasteiger partial charge in [0.05, 0.1) is 0 Å². The lowest BCUT2D eigenvalue weighted by Crippen LogP contribution is -2.47. The summed E-state index contributed by atoms with van der Waals surface area (Å²) in [5.74, 6) is 1.98. The minimum Gasteiger partial charge on any atom is -0.490 e. The number of aliphatic imine (C=N–C) groups is 1. The van der Waals surface area contributed by atoms with E-state index in [0.717, 1.165) is 63.6 Å². The highest BCUT2D eigenvalue weighted by Crippen LogP contribution is 2.18. The molecular formula is C19H32IN3O2. The van der Waals surface area contributed by atoms with Gasteiger partial charge in [-0.1, -0.05) is 18.2 Å². The van der Waals surface area contributed by atoms with Crippen molar-refractivity contribution in [3.63, 3.8) is 0 Å². The van der Waals surface area contributed by atoms with Gasteiger partial charge in [-0.2, -0.15) is 0 Å². The van der Waals surface area contributed by atoms with Crippen LogP contribution in [0, 0.1) is 0 Å². The van der Waals surface area contributed by atoms with Crippen molar-refractivity contribution in [1.29, 1.82) is 0 Å². The molecule has 1 aliphatic rings. The van der Waals surface area contributed by atoms with E-state index < -0.39 is 0 Å². The fourth-order valence-corrected chi connectivity index (χ4v) is 2.96. The van der Waals surface area contributed by atoms with Crippen molar-refractivity contribution < 1.29 is 9.47 Å². The summed E-state index contributed by atoms with van der Waals surface area (Å²) in [5.41, 5.74) is 0. The fourth-order valence-electron chi connectivity index (χ4n) is 2.96. The van der Waals surface area contributed by atoms with Gasteiger partial charge < -0.3 is 19.7 Å². The van der Waals surface area contributed by atoms with Crippen molar-refractivity contribution in [2.75, 3.05) is 40.4 Å². The molecule has 0 bridgehead atoms. The Bertz CT molecular complexity index is 477. The van der Waals surface area contributed by atoms with Gasteiger partial charge in [0.25, 0.3) is 0 Å². The molecule has 1 aliphatic heterocycles. The van der Waals surface area contributed by atoms with Gasteiger partial charge in [0.15, 0.2) is 5.96 Å². The Morgan fingerprint density at radius 1 is 1.16 bits per heavy atom. The highest BCUT2D eigenvalue weighted by Gasteiger charge is 2.22. The molecule has 0 amide bonds. The lowest BCUT2D eigenvalue weighted by molar-refractivity contribution is 0.129. The van der Waals surface area contributed by atoms with Crippen molar-refractivity contribution in [2.45, 2.75) is 38.2 Å². The Kier molecular flexibility index (Phi) is 11.6. The Morgan fingerprint density at radius 3 is 2.52 bits per heavy atom. The summed E-state index contributed by atoms with van der Waals surface area (Å²) in [7, 11) is 3.62. The van der Waals surface area contributed by atoms with Crippen LogP contribution in [0.2, 0.25) is 0 Å². The second-order valence-electron chi connectivity index (χ2n) is 6.14. The first kappa shape index (κ1) is 22.0. The number of guanidine groups is 1. The molecule has 0 aromatic heterocycles. The standard InChI is InChI=1S/C19H31N3O2.HI/c1-20-19(21-13-7-4-8-16-23-2)22-14-11-18(12-15-22)24-17-9-5-3-6-10-17;/h3,5-6,9-10,18H,4,7-8,11-16H2,1-2H3,(H,20,21);1H. The summed E-state index contributed by atoms with van der Waals surface area (Å²) in [6.45, 7) is 3.79. The lowest BCUT2D eigenvalue weighted by Gasteiger charge is -2.34. The maximum atomic E-state index is 6.05. The zero-order valence-corrected chi connectivity index (χ0v) is 17.8. The van der Waals surface area contributed by atoms with Crippen molar-refractivity contribution in [2.24, 2.45) is 4.99 Å². The number of nitrogens with zero attached hydrogens (tertiary/aromatic N) is 2. The quantitative estimate of drug-likeness (QED) is 0.279. The number of piperidine rings is 1. The van der Waals surface area contributed by atoms with E-state index in [1.165, 1.54) is 6.42 Å². The van der Waals surface area contributed by atoms with E-state index in [0.29, 0.717) is 6.10 Å². The van der Waals surface area contributed by atoms with E-state index in [9.17, 15) is 0 Å². The van der Waals surface area contributed by atoms with E-state index in [1.807, 2.05) is 37.4 Å². The first-order chi connectivity index (χ1) is 11.8. The second-order valence-corrected chi connectivity index (χ2v) is 6.14. The molecule has 2 rings (SSSR count). The fraction of sp³-hybridized carbons (Fsp3) is 0.632. The normalized spacial score (nSPS) is 15.6. The Balaban J connectivity index is 0.00000312. The molecule has 0 radical (unpaired) electrons. The number of benzene rings is 1. The zero-order chi connectivity index (χ0) is 17.0. The largest absolute Gasteiger partial charge is 0.490 e. The molecule has 1 aromatic carbocycles. The zero-order valence-electron chi connectivity index (χ0n) is 15.4. The summed E-state index contributed by atoms with van der Waals surface area (Å²) in [4.78, 5) is 6.75. The molecule has 25 heavy (non-hydrogen) atoms. The number of hydrogen-bond acceptors (Lipinski definition) is 3. The SMILES string of the molecule is CN=C(NCCCCCOC)N1CCC(Oc2ccccc2)CC1.I. The summed E-state index contributed by atoms with van der Waals surface area (Å²) in [5, 5.41) is 3.47. The van der Waals surface area contributed by atoms with Gasteiger partial charge in [-0.3, -0.25) is 4.99 Å². The first-order valence-electron chi connectivity index (χ1n) is 8.99. The highest BCUT2D eigenvalue weighted by molar-refractivity contribution is 14.0. The molecule has 142 valence electrons. The van der Waals surface area contributed by atoms with E-state index in [-0.39, 0.29) is 24.0 Å². The summed E-state index contributed by atoms with van der Waals surface area (Å²) < 4.78 is 11.1. The van der Waals surface area contributed by atoms with Crippen LogP contribution < -0.4 is 10.1 Å². The molecule has 1 fully saturated rings. The van der Waals surface area contributed by atoms with Gasteiger partial charge >= 0.3 is 0 Å². The molecule has 5 nitrogen and oxygen atoms in total. The maximum Gasteiger partial charge on any atom is 0.193 e. The second kappa shape index (κ2) is 13.2. The first-order valence-corrected chi connectivity index (χ1v) is 8.99. The van der Waals surface area contributed by atoms with Crippen LogP contribution >= 0.6 is 24.0 Å². The molecule has 1 heterocycles. The number of nitrogens with one attached hydrogen (secondary N) is 1. The van der Waals surface area contributed by atoms with Crippen LogP contribution in [0.25, 0.3) is 0 Å². The maximum absolute atomic E-state index is 6.05. The van der Waals surface area contributed by atoms with Crippen LogP contribution in [-0.4, -0.2) is 57.4 Å². The number of ether oxygens (including phenoxy) is 2. The van der Waals surface area contributed by atoms with Crippen LogP contribution in [0.15, 0.2) is 35.3 Å². The Labute approximate surface area is 169 Å². The van der Waals surface area contributed by atoms with E-state index in [4.69, 9.17) is 9.47 Å². The molecular weight excluding hydrogens is 429 g/mol. The topological polar surface area (TPSA) is 46.1 Å². The predicted molar refractivity (Wildman–Crippen MR) is 114 cm³/mol. The minimum atomic E-state index is 0. The molecule has 1 N–H and O–H groups in total. The van der Waals surface area contributed by atoms with Gasteiger partial charge in [0.2, 0.25) is 0 Å². The molecule has 6 heteroatoms. The molecule has 0 saturated carbocycles. The van der Waals surface area contributed by atoms with Gasteiger partial charge in [-0.05, 0) is 31.4 Å². The highest BCUT2D eigenvalue weighted by atomic mass is 127.